The molecule has 0 radical (unpaired) electrons. The van der Waals surface area contributed by atoms with Gasteiger partial charge in [0.25, 0.3) is 0 Å². The summed E-state index contributed by atoms with van der Waals surface area (Å²) in [6.07, 6.45) is 1.48. The molecule has 2 atom stereocenters. The van der Waals surface area contributed by atoms with Crippen LogP contribution < -0.4 is 10.1 Å². The van der Waals surface area contributed by atoms with Gasteiger partial charge in [-0.1, -0.05) is 35.9 Å². The molecule has 0 saturated heterocycles. The summed E-state index contributed by atoms with van der Waals surface area (Å²) in [4.78, 5) is 25.5. The predicted octanol–water partition coefficient (Wildman–Crippen LogP) is 5.13. The van der Waals surface area contributed by atoms with Crippen LogP contribution in [-0.4, -0.2) is 17.8 Å². The molecule has 1 aliphatic heterocycles. The van der Waals surface area contributed by atoms with Crippen LogP contribution in [0.4, 0.5) is 0 Å². The summed E-state index contributed by atoms with van der Waals surface area (Å²) < 4.78 is 5.71. The Labute approximate surface area is 175 Å². The maximum Gasteiger partial charge on any atom is 0.225 e. The molecule has 29 heavy (non-hydrogen) atoms. The van der Waals surface area contributed by atoms with Crippen molar-refractivity contribution in [3.05, 3.63) is 76.0 Å². The minimum Gasteiger partial charge on any atom is -0.491 e. The van der Waals surface area contributed by atoms with Gasteiger partial charge in [-0.05, 0) is 61.6 Å². The largest absolute Gasteiger partial charge is 0.491 e. The Morgan fingerprint density at radius 3 is 2.45 bits per heavy atom. The number of ether oxygens (including phenoxy) is 1. The van der Waals surface area contributed by atoms with Crippen LogP contribution in [0.5, 0.6) is 5.75 Å². The molecule has 2 aliphatic rings. The average molecular weight is 410 g/mol. The van der Waals surface area contributed by atoms with E-state index in [1.165, 1.54) is 0 Å². The van der Waals surface area contributed by atoms with E-state index in [1.54, 1.807) is 6.07 Å². The highest BCUT2D eigenvalue weighted by Crippen LogP contribution is 2.43. The van der Waals surface area contributed by atoms with Crippen LogP contribution in [0.1, 0.15) is 56.1 Å². The molecule has 0 aromatic heterocycles. The third-order valence-corrected chi connectivity index (χ3v) is 5.75. The number of allylic oxidation sites excluding steroid dienone is 2. The van der Waals surface area contributed by atoms with Gasteiger partial charge in [0.1, 0.15) is 5.75 Å². The van der Waals surface area contributed by atoms with E-state index < -0.39 is 0 Å². The normalized spacial score (nSPS) is 21.8. The van der Waals surface area contributed by atoms with E-state index >= 15 is 0 Å². The van der Waals surface area contributed by atoms with Gasteiger partial charge < -0.3 is 10.1 Å². The SMILES string of the molecule is CC(C)Oc1ccc(C2CC(=O)C3=C(C2)NC(=O)CC3c2cccc(Cl)c2)cc1. The topological polar surface area (TPSA) is 55.4 Å². The molecule has 2 aromatic carbocycles. The van der Waals surface area contributed by atoms with Crippen LogP contribution in [0.2, 0.25) is 5.02 Å². The second kappa shape index (κ2) is 8.03. The van der Waals surface area contributed by atoms with Crippen molar-refractivity contribution in [2.75, 3.05) is 0 Å². The number of amides is 1. The fraction of sp³-hybridized carbons (Fsp3) is 0.333. The van der Waals surface area contributed by atoms with Gasteiger partial charge in [0, 0.05) is 35.1 Å². The van der Waals surface area contributed by atoms with Crippen molar-refractivity contribution < 1.29 is 14.3 Å². The molecule has 4 nitrogen and oxygen atoms in total. The monoisotopic (exact) mass is 409 g/mol. The van der Waals surface area contributed by atoms with Crippen molar-refractivity contribution in [2.24, 2.45) is 0 Å². The molecule has 0 saturated carbocycles. The lowest BCUT2D eigenvalue weighted by molar-refractivity contribution is -0.122. The van der Waals surface area contributed by atoms with Crippen LogP contribution in [0.25, 0.3) is 0 Å². The van der Waals surface area contributed by atoms with Crippen LogP contribution >= 0.6 is 11.6 Å². The fourth-order valence-corrected chi connectivity index (χ4v) is 4.49. The standard InChI is InChI=1S/C24H24ClNO3/c1-14(2)29-19-8-6-15(7-9-19)17-11-21-24(22(27)12-17)20(13-23(28)26-21)16-4-3-5-18(25)10-16/h3-10,14,17,20H,11-13H2,1-2H3,(H,26,28). The first kappa shape index (κ1) is 19.7. The number of halogens is 1. The number of hydrogen-bond acceptors (Lipinski definition) is 3. The number of carbonyl (C=O) groups is 2. The van der Waals surface area contributed by atoms with Gasteiger partial charge >= 0.3 is 0 Å². The quantitative estimate of drug-likeness (QED) is 0.761. The van der Waals surface area contributed by atoms with E-state index in [0.717, 1.165) is 28.1 Å². The van der Waals surface area contributed by atoms with Crippen molar-refractivity contribution in [1.82, 2.24) is 5.32 Å². The highest BCUT2D eigenvalue weighted by Gasteiger charge is 2.38. The molecule has 5 heteroatoms. The number of Topliss-reactive ketones (excluding diaryl/α,β-unsaturated/α-hetero) is 1. The summed E-state index contributed by atoms with van der Waals surface area (Å²) in [5, 5.41) is 3.57. The highest BCUT2D eigenvalue weighted by molar-refractivity contribution is 6.30. The van der Waals surface area contributed by atoms with Crippen molar-refractivity contribution in [3.63, 3.8) is 0 Å². The number of ketones is 1. The van der Waals surface area contributed by atoms with E-state index in [9.17, 15) is 9.59 Å². The van der Waals surface area contributed by atoms with Crippen LogP contribution in [-0.2, 0) is 9.59 Å². The Hall–Kier alpha value is -2.59. The zero-order chi connectivity index (χ0) is 20.5. The minimum atomic E-state index is -0.229. The number of rotatable bonds is 4. The van der Waals surface area contributed by atoms with Gasteiger partial charge in [-0.15, -0.1) is 0 Å². The molecule has 1 N–H and O–H groups in total. The number of carbonyl (C=O) groups excluding carboxylic acids is 2. The third-order valence-electron chi connectivity index (χ3n) is 5.51. The lowest BCUT2D eigenvalue weighted by Gasteiger charge is -2.34. The molecule has 1 heterocycles. The summed E-state index contributed by atoms with van der Waals surface area (Å²) >= 11 is 6.15. The molecule has 0 spiro atoms. The molecule has 150 valence electrons. The van der Waals surface area contributed by atoms with Crippen LogP contribution in [0, 0.1) is 0 Å². The van der Waals surface area contributed by atoms with Gasteiger partial charge in [-0.2, -0.15) is 0 Å². The van der Waals surface area contributed by atoms with Crippen LogP contribution in [0.15, 0.2) is 59.8 Å². The maximum absolute atomic E-state index is 13.1. The lowest BCUT2D eigenvalue weighted by atomic mass is 9.73. The maximum atomic E-state index is 13.1. The summed E-state index contributed by atoms with van der Waals surface area (Å²) in [6.45, 7) is 3.98. The first-order valence-electron chi connectivity index (χ1n) is 9.99. The zero-order valence-electron chi connectivity index (χ0n) is 16.6. The molecule has 0 fully saturated rings. The van der Waals surface area contributed by atoms with Crippen LogP contribution in [0.3, 0.4) is 0 Å². The molecule has 2 unspecified atom stereocenters. The lowest BCUT2D eigenvalue weighted by Crippen LogP contribution is -2.38. The molecular formula is C24H24ClNO3. The van der Waals surface area contributed by atoms with E-state index in [1.807, 2.05) is 56.3 Å². The molecular weight excluding hydrogens is 386 g/mol. The van der Waals surface area contributed by atoms with Crippen molar-refractivity contribution in [1.29, 1.82) is 0 Å². The number of nitrogens with one attached hydrogen (secondary N) is 1. The van der Waals surface area contributed by atoms with Crippen molar-refractivity contribution >= 4 is 23.3 Å². The van der Waals surface area contributed by atoms with Gasteiger partial charge in [-0.25, -0.2) is 0 Å². The Morgan fingerprint density at radius 2 is 1.76 bits per heavy atom. The Balaban J connectivity index is 1.62. The fourth-order valence-electron chi connectivity index (χ4n) is 4.29. The van der Waals surface area contributed by atoms with Gasteiger partial charge in [0.2, 0.25) is 5.91 Å². The summed E-state index contributed by atoms with van der Waals surface area (Å²) in [6, 6.07) is 15.4. The first-order chi connectivity index (χ1) is 13.9. The molecule has 4 rings (SSSR count). The van der Waals surface area contributed by atoms with Crippen molar-refractivity contribution in [3.8, 4) is 5.75 Å². The third kappa shape index (κ3) is 4.23. The smallest absolute Gasteiger partial charge is 0.225 e. The van der Waals surface area contributed by atoms with Gasteiger partial charge in [0.05, 0.1) is 6.10 Å². The Kier molecular flexibility index (Phi) is 5.46. The molecule has 1 aliphatic carbocycles. The summed E-state index contributed by atoms with van der Waals surface area (Å²) in [7, 11) is 0. The van der Waals surface area contributed by atoms with E-state index in [-0.39, 0.29) is 36.1 Å². The molecule has 1 amide bonds. The summed E-state index contributed by atoms with van der Waals surface area (Å²) in [5.74, 6) is 0.685. The molecule has 0 bridgehead atoms. The van der Waals surface area contributed by atoms with E-state index in [0.29, 0.717) is 17.9 Å². The number of benzene rings is 2. The molecule has 2 aromatic rings. The van der Waals surface area contributed by atoms with Crippen molar-refractivity contribution in [2.45, 2.75) is 51.0 Å². The second-order valence-corrected chi connectivity index (χ2v) is 8.45. The van der Waals surface area contributed by atoms with Gasteiger partial charge in [-0.3, -0.25) is 9.59 Å². The minimum absolute atomic E-state index is 0.0489. The number of hydrogen-bond donors (Lipinski definition) is 1. The van der Waals surface area contributed by atoms with Gasteiger partial charge in [0.15, 0.2) is 5.78 Å². The Bertz CT molecular complexity index is 978. The van der Waals surface area contributed by atoms with E-state index in [2.05, 4.69) is 5.32 Å². The second-order valence-electron chi connectivity index (χ2n) is 8.02. The first-order valence-corrected chi connectivity index (χ1v) is 10.4. The highest BCUT2D eigenvalue weighted by atomic mass is 35.5. The average Bonchev–Trinajstić information content (AvgIpc) is 2.67. The zero-order valence-corrected chi connectivity index (χ0v) is 17.3. The van der Waals surface area contributed by atoms with E-state index in [4.69, 9.17) is 16.3 Å². The predicted molar refractivity (Wildman–Crippen MR) is 113 cm³/mol. The summed E-state index contributed by atoms with van der Waals surface area (Å²) in [5.41, 5.74) is 3.50. The Morgan fingerprint density at radius 1 is 1.00 bits per heavy atom.